The number of hydrogen-bond acceptors (Lipinski definition) is 4. The molecule has 8 heteroatoms. The van der Waals surface area contributed by atoms with Crippen LogP contribution in [0.25, 0.3) is 10.9 Å². The predicted molar refractivity (Wildman–Crippen MR) is 90.3 cm³/mol. The number of nitrogens with one attached hydrogen (secondary N) is 2. The van der Waals surface area contributed by atoms with Crippen LogP contribution in [-0.4, -0.2) is 22.4 Å². The van der Waals surface area contributed by atoms with Crippen LogP contribution in [0.5, 0.6) is 0 Å². The van der Waals surface area contributed by atoms with E-state index in [2.05, 4.69) is 10.3 Å². The smallest absolute Gasteiger partial charge is 0.299 e. The molecule has 0 aliphatic carbocycles. The molecule has 0 aliphatic rings. The van der Waals surface area contributed by atoms with Crippen LogP contribution < -0.4 is 5.32 Å². The van der Waals surface area contributed by atoms with Gasteiger partial charge in [-0.25, -0.2) is 0 Å². The van der Waals surface area contributed by atoms with E-state index in [0.717, 1.165) is 27.8 Å². The molecule has 23 heavy (non-hydrogen) atoms. The van der Waals surface area contributed by atoms with Gasteiger partial charge in [0, 0.05) is 29.7 Å². The van der Waals surface area contributed by atoms with Crippen molar-refractivity contribution in [2.24, 2.45) is 0 Å². The van der Waals surface area contributed by atoms with Gasteiger partial charge in [-0.05, 0) is 18.1 Å². The SMILES string of the molecule is O=C(NCCc1c[nH]c2ccccc12)c1cc([N+](=O)[O-])c(Cl)s1. The summed E-state index contributed by atoms with van der Waals surface area (Å²) in [4.78, 5) is 25.6. The molecule has 0 atom stereocenters. The molecule has 0 saturated carbocycles. The summed E-state index contributed by atoms with van der Waals surface area (Å²) in [7, 11) is 0. The van der Waals surface area contributed by atoms with Crippen LogP contribution in [0.3, 0.4) is 0 Å². The summed E-state index contributed by atoms with van der Waals surface area (Å²) in [6.07, 6.45) is 2.58. The largest absolute Gasteiger partial charge is 0.361 e. The lowest BCUT2D eigenvalue weighted by Crippen LogP contribution is -2.24. The molecular weight excluding hydrogens is 338 g/mol. The number of aromatic nitrogens is 1. The fourth-order valence-electron chi connectivity index (χ4n) is 2.33. The molecular formula is C15H12ClN3O3S. The third-order valence-electron chi connectivity index (χ3n) is 3.44. The molecule has 1 aromatic carbocycles. The minimum atomic E-state index is -0.596. The van der Waals surface area contributed by atoms with Crippen molar-refractivity contribution in [2.75, 3.05) is 6.54 Å². The van der Waals surface area contributed by atoms with Crippen LogP contribution in [0.2, 0.25) is 4.34 Å². The fraction of sp³-hybridized carbons (Fsp3) is 0.133. The summed E-state index contributed by atoms with van der Waals surface area (Å²) < 4.78 is 0.0109. The van der Waals surface area contributed by atoms with Crippen LogP contribution in [0.1, 0.15) is 15.2 Å². The number of para-hydroxylation sites is 1. The highest BCUT2D eigenvalue weighted by Gasteiger charge is 2.20. The van der Waals surface area contributed by atoms with Gasteiger partial charge in [0.25, 0.3) is 11.6 Å². The fourth-order valence-corrected chi connectivity index (χ4v) is 3.47. The van der Waals surface area contributed by atoms with Gasteiger partial charge in [-0.1, -0.05) is 29.8 Å². The van der Waals surface area contributed by atoms with Gasteiger partial charge < -0.3 is 10.3 Å². The van der Waals surface area contributed by atoms with Gasteiger partial charge >= 0.3 is 0 Å². The van der Waals surface area contributed by atoms with Gasteiger partial charge in [0.05, 0.1) is 4.92 Å². The molecule has 6 nitrogen and oxygen atoms in total. The highest BCUT2D eigenvalue weighted by atomic mass is 35.5. The number of rotatable bonds is 5. The normalized spacial score (nSPS) is 10.8. The summed E-state index contributed by atoms with van der Waals surface area (Å²) in [5, 5.41) is 14.6. The molecule has 0 bridgehead atoms. The zero-order valence-corrected chi connectivity index (χ0v) is 13.4. The lowest BCUT2D eigenvalue weighted by atomic mass is 10.1. The van der Waals surface area contributed by atoms with Crippen LogP contribution in [0.15, 0.2) is 36.5 Å². The average Bonchev–Trinajstić information content (AvgIpc) is 3.11. The Morgan fingerprint density at radius 1 is 1.39 bits per heavy atom. The molecule has 2 heterocycles. The lowest BCUT2D eigenvalue weighted by molar-refractivity contribution is -0.384. The van der Waals surface area contributed by atoms with Crippen molar-refractivity contribution in [1.29, 1.82) is 0 Å². The summed E-state index contributed by atoms with van der Waals surface area (Å²) >= 11 is 6.66. The highest BCUT2D eigenvalue weighted by molar-refractivity contribution is 7.18. The first-order valence-corrected chi connectivity index (χ1v) is 8.02. The third kappa shape index (κ3) is 3.20. The van der Waals surface area contributed by atoms with Gasteiger partial charge in [0.2, 0.25) is 0 Å². The van der Waals surface area contributed by atoms with E-state index in [0.29, 0.717) is 13.0 Å². The maximum absolute atomic E-state index is 12.0. The number of halogens is 1. The number of carbonyl (C=O) groups is 1. The standard InChI is InChI=1S/C15H12ClN3O3S/c16-14-12(19(21)22)7-13(23-14)15(20)17-6-5-9-8-18-11-4-2-1-3-10(9)11/h1-4,7-8,18H,5-6H2,(H,17,20). The zero-order chi connectivity index (χ0) is 16.4. The van der Waals surface area contributed by atoms with Crippen LogP contribution in [-0.2, 0) is 6.42 Å². The van der Waals surface area contributed by atoms with E-state index < -0.39 is 4.92 Å². The molecule has 0 spiro atoms. The third-order valence-corrected chi connectivity index (χ3v) is 4.78. The second kappa shape index (κ2) is 6.39. The lowest BCUT2D eigenvalue weighted by Gasteiger charge is -2.02. The van der Waals surface area contributed by atoms with Crippen molar-refractivity contribution >= 4 is 45.4 Å². The number of thiophene rings is 1. The van der Waals surface area contributed by atoms with Crippen molar-refractivity contribution in [3.63, 3.8) is 0 Å². The van der Waals surface area contributed by atoms with E-state index >= 15 is 0 Å². The minimum Gasteiger partial charge on any atom is -0.361 e. The Bertz CT molecular complexity index is 887. The van der Waals surface area contributed by atoms with E-state index in [-0.39, 0.29) is 20.8 Å². The number of aromatic amines is 1. The van der Waals surface area contributed by atoms with Crippen molar-refractivity contribution in [3.8, 4) is 0 Å². The maximum atomic E-state index is 12.0. The van der Waals surface area contributed by atoms with Crippen molar-refractivity contribution in [3.05, 3.63) is 61.4 Å². The molecule has 0 fully saturated rings. The first-order valence-electron chi connectivity index (χ1n) is 6.83. The van der Waals surface area contributed by atoms with E-state index in [1.165, 1.54) is 6.07 Å². The van der Waals surface area contributed by atoms with Crippen molar-refractivity contribution < 1.29 is 9.72 Å². The first kappa shape index (κ1) is 15.5. The molecule has 0 aliphatic heterocycles. The van der Waals surface area contributed by atoms with Gasteiger partial charge in [-0.3, -0.25) is 14.9 Å². The molecule has 2 aromatic heterocycles. The summed E-state index contributed by atoms with van der Waals surface area (Å²) in [6.45, 7) is 0.435. The highest BCUT2D eigenvalue weighted by Crippen LogP contribution is 2.33. The number of fused-ring (bicyclic) bond motifs is 1. The topological polar surface area (TPSA) is 88.0 Å². The molecule has 0 saturated heterocycles. The Hall–Kier alpha value is -2.38. The first-order chi connectivity index (χ1) is 11.1. The van der Waals surface area contributed by atoms with E-state index in [1.807, 2.05) is 30.5 Å². The molecule has 118 valence electrons. The number of nitrogens with zero attached hydrogens (tertiary/aromatic N) is 1. The summed E-state index contributed by atoms with van der Waals surface area (Å²) in [5.74, 6) is -0.357. The predicted octanol–water partition coefficient (Wildman–Crippen LogP) is 3.76. The van der Waals surface area contributed by atoms with Gasteiger partial charge in [0.1, 0.15) is 4.88 Å². The second-order valence-corrected chi connectivity index (χ2v) is 6.55. The van der Waals surface area contributed by atoms with Crippen molar-refractivity contribution in [1.82, 2.24) is 10.3 Å². The van der Waals surface area contributed by atoms with E-state index in [1.54, 1.807) is 0 Å². The number of benzene rings is 1. The van der Waals surface area contributed by atoms with Crippen LogP contribution >= 0.6 is 22.9 Å². The number of hydrogen-bond donors (Lipinski definition) is 2. The summed E-state index contributed by atoms with van der Waals surface area (Å²) in [5.41, 5.74) is 1.92. The number of H-pyrrole nitrogens is 1. The maximum Gasteiger partial charge on any atom is 0.299 e. The molecule has 0 radical (unpaired) electrons. The van der Waals surface area contributed by atoms with Crippen molar-refractivity contribution in [2.45, 2.75) is 6.42 Å². The van der Waals surface area contributed by atoms with E-state index in [4.69, 9.17) is 11.6 Å². The number of carbonyl (C=O) groups excluding carboxylic acids is 1. The van der Waals surface area contributed by atoms with Gasteiger partial charge in [-0.2, -0.15) is 0 Å². The van der Waals surface area contributed by atoms with Gasteiger partial charge in [0.15, 0.2) is 4.34 Å². The van der Waals surface area contributed by atoms with E-state index in [9.17, 15) is 14.9 Å². The van der Waals surface area contributed by atoms with Crippen LogP contribution in [0.4, 0.5) is 5.69 Å². The molecule has 3 aromatic rings. The molecule has 3 rings (SSSR count). The Labute approximate surface area is 140 Å². The summed E-state index contributed by atoms with van der Waals surface area (Å²) in [6, 6.07) is 9.13. The molecule has 0 unspecified atom stereocenters. The molecule has 2 N–H and O–H groups in total. The Kier molecular flexibility index (Phi) is 4.31. The zero-order valence-electron chi connectivity index (χ0n) is 11.8. The quantitative estimate of drug-likeness (QED) is 0.543. The van der Waals surface area contributed by atoms with Crippen LogP contribution in [0, 0.1) is 10.1 Å². The second-order valence-electron chi connectivity index (χ2n) is 4.89. The number of amides is 1. The Morgan fingerprint density at radius 3 is 2.91 bits per heavy atom. The Morgan fingerprint density at radius 2 is 2.17 bits per heavy atom. The van der Waals surface area contributed by atoms with Gasteiger partial charge in [-0.15, -0.1) is 11.3 Å². The molecule has 1 amide bonds. The average molecular weight is 350 g/mol. The monoisotopic (exact) mass is 349 g/mol. The minimum absolute atomic E-state index is 0.0109. The number of nitro groups is 1. The Balaban J connectivity index is 1.63.